The first kappa shape index (κ1) is 16.7. The van der Waals surface area contributed by atoms with Crippen molar-refractivity contribution in [2.24, 2.45) is 5.92 Å². The second-order valence-corrected chi connectivity index (χ2v) is 6.56. The van der Waals surface area contributed by atoms with Gasteiger partial charge >= 0.3 is 0 Å². The largest absolute Gasteiger partial charge is 0.396 e. The molecule has 1 amide bonds. The molecule has 0 spiro atoms. The Morgan fingerprint density at radius 2 is 1.86 bits per heavy atom. The van der Waals surface area contributed by atoms with Crippen LogP contribution >= 0.6 is 0 Å². The molecule has 2 saturated heterocycles. The van der Waals surface area contributed by atoms with Gasteiger partial charge in [-0.25, -0.2) is 0 Å². The molecule has 0 aromatic rings. The lowest BCUT2D eigenvalue weighted by atomic mass is 9.91. The van der Waals surface area contributed by atoms with Gasteiger partial charge in [-0.15, -0.1) is 0 Å². The van der Waals surface area contributed by atoms with Gasteiger partial charge in [0.05, 0.1) is 0 Å². The van der Waals surface area contributed by atoms with Crippen LogP contribution in [0, 0.1) is 5.92 Å². The van der Waals surface area contributed by atoms with Crippen molar-refractivity contribution in [3.8, 4) is 0 Å². The lowest BCUT2D eigenvalue weighted by Gasteiger charge is -2.35. The average Bonchev–Trinajstić information content (AvgIpc) is 2.51. The summed E-state index contributed by atoms with van der Waals surface area (Å²) in [6, 6.07) is 0. The zero-order valence-corrected chi connectivity index (χ0v) is 13.1. The Labute approximate surface area is 127 Å². The van der Waals surface area contributed by atoms with Gasteiger partial charge in [0.1, 0.15) is 5.60 Å². The summed E-state index contributed by atoms with van der Waals surface area (Å²) in [5.74, 6) is 0.219. The summed E-state index contributed by atoms with van der Waals surface area (Å²) in [6.07, 6.45) is 3.08. The van der Waals surface area contributed by atoms with Crippen LogP contribution in [0.1, 0.15) is 25.7 Å². The smallest absolute Gasteiger partial charge is 0.252 e. The number of likely N-dealkylation sites (tertiary alicyclic amines) is 2. The normalized spacial score (nSPS) is 24.9. The molecule has 0 aromatic carbocycles. The molecule has 2 rings (SSSR count). The summed E-state index contributed by atoms with van der Waals surface area (Å²) in [6.45, 7) is 5.18. The standard InChI is InChI=1S/C15H29N3O3/c1-17-9-4-15(21,5-10-17)14(20)16-6-11-18-7-2-13(12-19)3-8-18/h13,19,21H,2-12H2,1H3,(H,16,20). The molecule has 0 aromatic heterocycles. The minimum Gasteiger partial charge on any atom is -0.396 e. The van der Waals surface area contributed by atoms with Crippen molar-refractivity contribution in [2.75, 3.05) is 52.9 Å². The van der Waals surface area contributed by atoms with E-state index in [0.29, 0.717) is 25.3 Å². The molecular weight excluding hydrogens is 270 g/mol. The van der Waals surface area contributed by atoms with E-state index in [-0.39, 0.29) is 12.5 Å². The Bertz CT molecular complexity index is 335. The number of carbonyl (C=O) groups excluding carboxylic acids is 1. The quantitative estimate of drug-likeness (QED) is 0.624. The van der Waals surface area contributed by atoms with Gasteiger partial charge in [-0.2, -0.15) is 0 Å². The first-order chi connectivity index (χ1) is 10.0. The van der Waals surface area contributed by atoms with Crippen molar-refractivity contribution in [1.82, 2.24) is 15.1 Å². The van der Waals surface area contributed by atoms with E-state index in [1.165, 1.54) is 0 Å². The second kappa shape index (κ2) is 7.54. The van der Waals surface area contributed by atoms with Crippen LogP contribution < -0.4 is 5.32 Å². The topological polar surface area (TPSA) is 76.0 Å². The predicted octanol–water partition coefficient (Wildman–Crippen LogP) is -0.736. The van der Waals surface area contributed by atoms with E-state index in [4.69, 9.17) is 5.11 Å². The Morgan fingerprint density at radius 3 is 2.43 bits per heavy atom. The van der Waals surface area contributed by atoms with Gasteiger partial charge in [-0.1, -0.05) is 0 Å². The maximum atomic E-state index is 12.1. The summed E-state index contributed by atoms with van der Waals surface area (Å²) in [4.78, 5) is 16.6. The fourth-order valence-corrected chi connectivity index (χ4v) is 3.10. The molecular formula is C15H29N3O3. The van der Waals surface area contributed by atoms with Crippen molar-refractivity contribution in [3.05, 3.63) is 0 Å². The van der Waals surface area contributed by atoms with Gasteiger partial charge in [-0.3, -0.25) is 4.79 Å². The Morgan fingerprint density at radius 1 is 1.24 bits per heavy atom. The number of aliphatic hydroxyl groups excluding tert-OH is 1. The van der Waals surface area contributed by atoms with Gasteiger partial charge in [0.2, 0.25) is 0 Å². The molecule has 2 fully saturated rings. The van der Waals surface area contributed by atoms with E-state index < -0.39 is 5.60 Å². The number of nitrogens with one attached hydrogen (secondary N) is 1. The molecule has 0 atom stereocenters. The number of piperidine rings is 2. The molecule has 0 radical (unpaired) electrons. The number of rotatable bonds is 5. The lowest BCUT2D eigenvalue weighted by Crippen LogP contribution is -2.54. The minimum atomic E-state index is -1.18. The SMILES string of the molecule is CN1CCC(O)(C(=O)NCCN2CCC(CO)CC2)CC1. The fraction of sp³-hybridized carbons (Fsp3) is 0.933. The van der Waals surface area contributed by atoms with E-state index in [9.17, 15) is 9.90 Å². The molecule has 6 nitrogen and oxygen atoms in total. The van der Waals surface area contributed by atoms with Crippen LogP contribution in [0.5, 0.6) is 0 Å². The van der Waals surface area contributed by atoms with E-state index in [0.717, 1.165) is 45.6 Å². The van der Waals surface area contributed by atoms with Crippen LogP contribution in [0.2, 0.25) is 0 Å². The average molecular weight is 299 g/mol. The van der Waals surface area contributed by atoms with E-state index in [2.05, 4.69) is 15.1 Å². The number of nitrogens with zero attached hydrogens (tertiary/aromatic N) is 2. The highest BCUT2D eigenvalue weighted by Crippen LogP contribution is 2.21. The van der Waals surface area contributed by atoms with Crippen molar-refractivity contribution >= 4 is 5.91 Å². The number of carbonyl (C=O) groups is 1. The molecule has 0 bridgehead atoms. The molecule has 0 saturated carbocycles. The lowest BCUT2D eigenvalue weighted by molar-refractivity contribution is -0.144. The molecule has 2 heterocycles. The van der Waals surface area contributed by atoms with Gasteiger partial charge in [-0.05, 0) is 51.7 Å². The minimum absolute atomic E-state index is 0.221. The molecule has 0 aliphatic carbocycles. The molecule has 21 heavy (non-hydrogen) atoms. The summed E-state index contributed by atoms with van der Waals surface area (Å²) >= 11 is 0. The maximum absolute atomic E-state index is 12.1. The third kappa shape index (κ3) is 4.64. The first-order valence-electron chi connectivity index (χ1n) is 8.06. The van der Waals surface area contributed by atoms with Crippen molar-refractivity contribution in [3.63, 3.8) is 0 Å². The Hall–Kier alpha value is -0.690. The summed E-state index contributed by atoms with van der Waals surface area (Å²) in [7, 11) is 2.01. The Kier molecular flexibility index (Phi) is 5.98. The predicted molar refractivity (Wildman–Crippen MR) is 80.9 cm³/mol. The van der Waals surface area contributed by atoms with Crippen LogP contribution in [0.15, 0.2) is 0 Å². The van der Waals surface area contributed by atoms with E-state index in [1.54, 1.807) is 0 Å². The number of hydrogen-bond donors (Lipinski definition) is 3. The molecule has 6 heteroatoms. The summed E-state index contributed by atoms with van der Waals surface area (Å²) < 4.78 is 0. The zero-order chi connectivity index (χ0) is 15.3. The highest BCUT2D eigenvalue weighted by Gasteiger charge is 2.38. The van der Waals surface area contributed by atoms with Gasteiger partial charge in [0, 0.05) is 32.8 Å². The third-order valence-corrected chi connectivity index (χ3v) is 4.92. The Balaban J connectivity index is 1.65. The van der Waals surface area contributed by atoms with E-state index in [1.807, 2.05) is 7.05 Å². The molecule has 2 aliphatic heterocycles. The van der Waals surface area contributed by atoms with Gasteiger partial charge in [0.15, 0.2) is 0 Å². The monoisotopic (exact) mass is 299 g/mol. The van der Waals surface area contributed by atoms with Crippen molar-refractivity contribution in [2.45, 2.75) is 31.3 Å². The van der Waals surface area contributed by atoms with Crippen LogP contribution in [0.3, 0.4) is 0 Å². The summed E-state index contributed by atoms with van der Waals surface area (Å²) in [5, 5.41) is 22.4. The number of aliphatic hydroxyl groups is 2. The highest BCUT2D eigenvalue weighted by atomic mass is 16.3. The van der Waals surface area contributed by atoms with Crippen molar-refractivity contribution in [1.29, 1.82) is 0 Å². The molecule has 3 N–H and O–H groups in total. The van der Waals surface area contributed by atoms with Crippen LogP contribution in [-0.4, -0.2) is 84.4 Å². The molecule has 0 unspecified atom stereocenters. The number of amides is 1. The zero-order valence-electron chi connectivity index (χ0n) is 13.1. The van der Waals surface area contributed by atoms with Crippen molar-refractivity contribution < 1.29 is 15.0 Å². The van der Waals surface area contributed by atoms with Crippen LogP contribution in [0.25, 0.3) is 0 Å². The van der Waals surface area contributed by atoms with Gasteiger partial charge in [0.25, 0.3) is 5.91 Å². The van der Waals surface area contributed by atoms with E-state index >= 15 is 0 Å². The maximum Gasteiger partial charge on any atom is 0.252 e. The first-order valence-corrected chi connectivity index (χ1v) is 8.06. The number of hydrogen-bond acceptors (Lipinski definition) is 5. The third-order valence-electron chi connectivity index (χ3n) is 4.92. The van der Waals surface area contributed by atoms with Gasteiger partial charge < -0.3 is 25.3 Å². The summed E-state index contributed by atoms with van der Waals surface area (Å²) in [5.41, 5.74) is -1.18. The second-order valence-electron chi connectivity index (χ2n) is 6.56. The fourth-order valence-electron chi connectivity index (χ4n) is 3.10. The molecule has 122 valence electrons. The van der Waals surface area contributed by atoms with Crippen LogP contribution in [0.4, 0.5) is 0 Å². The molecule has 2 aliphatic rings. The highest BCUT2D eigenvalue weighted by molar-refractivity contribution is 5.85. The van der Waals surface area contributed by atoms with Crippen LogP contribution in [-0.2, 0) is 4.79 Å².